The Balaban J connectivity index is 1.69. The molecule has 5 heteroatoms. The summed E-state index contributed by atoms with van der Waals surface area (Å²) in [4.78, 5) is 13.0. The number of rotatable bonds is 8. The van der Waals surface area contributed by atoms with Crippen LogP contribution in [-0.4, -0.2) is 31.4 Å². The van der Waals surface area contributed by atoms with Crippen LogP contribution >= 0.6 is 11.8 Å². The average molecular weight is 331 g/mol. The first-order valence-corrected chi connectivity index (χ1v) is 8.40. The number of methoxy groups -OCH3 is 1. The minimum Gasteiger partial charge on any atom is -0.497 e. The van der Waals surface area contributed by atoms with Gasteiger partial charge in [0.15, 0.2) is 0 Å². The second-order valence-electron chi connectivity index (χ2n) is 5.06. The lowest BCUT2D eigenvalue weighted by Crippen LogP contribution is -2.37. The molecule has 122 valence electrons. The van der Waals surface area contributed by atoms with E-state index in [0.29, 0.717) is 12.4 Å². The van der Waals surface area contributed by atoms with Crippen LogP contribution in [0.1, 0.15) is 6.92 Å². The van der Waals surface area contributed by atoms with E-state index in [-0.39, 0.29) is 11.9 Å². The molecule has 0 bridgehead atoms. The molecule has 0 radical (unpaired) electrons. The number of benzene rings is 2. The van der Waals surface area contributed by atoms with Crippen molar-refractivity contribution in [2.75, 3.05) is 19.5 Å². The highest BCUT2D eigenvalue weighted by Gasteiger charge is 2.08. The minimum absolute atomic E-state index is 0.00434. The van der Waals surface area contributed by atoms with E-state index >= 15 is 0 Å². The molecule has 2 rings (SSSR count). The molecule has 1 N–H and O–H groups in total. The summed E-state index contributed by atoms with van der Waals surface area (Å²) in [7, 11) is 1.63. The Bertz CT molecular complexity index is 601. The molecule has 2 aromatic carbocycles. The number of thioether (sulfide) groups is 1. The fourth-order valence-electron chi connectivity index (χ4n) is 1.92. The molecule has 0 aromatic heterocycles. The summed E-state index contributed by atoms with van der Waals surface area (Å²) in [5.41, 5.74) is 0. The number of carbonyl (C=O) groups is 1. The highest BCUT2D eigenvalue weighted by Crippen LogP contribution is 2.18. The smallest absolute Gasteiger partial charge is 0.230 e. The van der Waals surface area contributed by atoms with Crippen LogP contribution in [0, 0.1) is 0 Å². The van der Waals surface area contributed by atoms with Crippen LogP contribution in [0.2, 0.25) is 0 Å². The van der Waals surface area contributed by atoms with Crippen molar-refractivity contribution in [3.05, 3.63) is 54.6 Å². The Morgan fingerprint density at radius 2 is 1.74 bits per heavy atom. The van der Waals surface area contributed by atoms with Crippen molar-refractivity contribution >= 4 is 17.7 Å². The summed E-state index contributed by atoms with van der Waals surface area (Å²) in [6.45, 7) is 2.35. The molecule has 0 spiro atoms. The van der Waals surface area contributed by atoms with Crippen molar-refractivity contribution in [1.29, 1.82) is 0 Å². The zero-order chi connectivity index (χ0) is 16.5. The van der Waals surface area contributed by atoms with E-state index in [1.807, 2.05) is 61.5 Å². The first-order valence-electron chi connectivity index (χ1n) is 7.41. The van der Waals surface area contributed by atoms with E-state index in [1.165, 1.54) is 11.8 Å². The van der Waals surface area contributed by atoms with Gasteiger partial charge in [0.1, 0.15) is 18.1 Å². The molecule has 0 aliphatic rings. The van der Waals surface area contributed by atoms with Crippen molar-refractivity contribution in [2.24, 2.45) is 0 Å². The van der Waals surface area contributed by atoms with Crippen LogP contribution in [0.15, 0.2) is 59.5 Å². The molecule has 4 nitrogen and oxygen atoms in total. The molecular weight excluding hydrogens is 310 g/mol. The van der Waals surface area contributed by atoms with Gasteiger partial charge in [-0.2, -0.15) is 0 Å². The van der Waals surface area contributed by atoms with Crippen LogP contribution in [-0.2, 0) is 4.79 Å². The molecule has 0 aliphatic carbocycles. The summed E-state index contributed by atoms with van der Waals surface area (Å²) >= 11 is 1.52. The van der Waals surface area contributed by atoms with Crippen molar-refractivity contribution < 1.29 is 14.3 Å². The SMILES string of the molecule is COc1ccc(OC[C@@H](C)NC(=O)CSc2ccccc2)cc1. The number of nitrogens with one attached hydrogen (secondary N) is 1. The van der Waals surface area contributed by atoms with Gasteiger partial charge in [0, 0.05) is 4.90 Å². The maximum absolute atomic E-state index is 11.9. The van der Waals surface area contributed by atoms with Gasteiger partial charge in [0.05, 0.1) is 18.9 Å². The van der Waals surface area contributed by atoms with Crippen LogP contribution in [0.25, 0.3) is 0 Å². The maximum atomic E-state index is 11.9. The number of hydrogen-bond acceptors (Lipinski definition) is 4. The average Bonchev–Trinajstić information content (AvgIpc) is 2.59. The quantitative estimate of drug-likeness (QED) is 0.754. The lowest BCUT2D eigenvalue weighted by atomic mass is 10.3. The minimum atomic E-state index is -0.0547. The van der Waals surface area contributed by atoms with Crippen LogP contribution in [0.4, 0.5) is 0 Å². The lowest BCUT2D eigenvalue weighted by molar-refractivity contribution is -0.119. The van der Waals surface area contributed by atoms with Gasteiger partial charge in [-0.15, -0.1) is 11.8 Å². The topological polar surface area (TPSA) is 47.6 Å². The Hall–Kier alpha value is -2.14. The molecule has 2 aromatic rings. The normalized spacial score (nSPS) is 11.6. The Morgan fingerprint density at radius 1 is 1.09 bits per heavy atom. The molecule has 0 fully saturated rings. The largest absolute Gasteiger partial charge is 0.497 e. The number of carbonyl (C=O) groups excluding carboxylic acids is 1. The Morgan fingerprint density at radius 3 is 2.39 bits per heavy atom. The number of ether oxygens (including phenoxy) is 2. The summed E-state index contributed by atoms with van der Waals surface area (Å²) in [5.74, 6) is 1.95. The van der Waals surface area contributed by atoms with Gasteiger partial charge in [-0.3, -0.25) is 4.79 Å². The van der Waals surface area contributed by atoms with E-state index in [4.69, 9.17) is 9.47 Å². The molecule has 0 unspecified atom stereocenters. The highest BCUT2D eigenvalue weighted by molar-refractivity contribution is 8.00. The van der Waals surface area contributed by atoms with Gasteiger partial charge in [-0.1, -0.05) is 18.2 Å². The van der Waals surface area contributed by atoms with Gasteiger partial charge < -0.3 is 14.8 Å². The van der Waals surface area contributed by atoms with Crippen molar-refractivity contribution in [3.8, 4) is 11.5 Å². The zero-order valence-corrected chi connectivity index (χ0v) is 14.1. The van der Waals surface area contributed by atoms with E-state index < -0.39 is 0 Å². The van der Waals surface area contributed by atoms with Crippen molar-refractivity contribution in [2.45, 2.75) is 17.9 Å². The molecule has 0 saturated carbocycles. The van der Waals surface area contributed by atoms with Gasteiger partial charge in [-0.05, 0) is 43.3 Å². The van der Waals surface area contributed by atoms with Gasteiger partial charge in [0.2, 0.25) is 5.91 Å². The second kappa shape index (κ2) is 9.10. The molecule has 0 saturated heterocycles. The number of amides is 1. The van der Waals surface area contributed by atoms with Crippen LogP contribution in [0.3, 0.4) is 0 Å². The summed E-state index contributed by atoms with van der Waals surface area (Å²) in [6, 6.07) is 17.2. The molecule has 0 heterocycles. The summed E-state index contributed by atoms with van der Waals surface area (Å²) in [5, 5.41) is 2.93. The second-order valence-corrected chi connectivity index (χ2v) is 6.11. The highest BCUT2D eigenvalue weighted by atomic mass is 32.2. The zero-order valence-electron chi connectivity index (χ0n) is 13.3. The summed E-state index contributed by atoms with van der Waals surface area (Å²) < 4.78 is 10.7. The van der Waals surface area contributed by atoms with E-state index in [9.17, 15) is 4.79 Å². The molecule has 1 atom stereocenters. The van der Waals surface area contributed by atoms with E-state index in [2.05, 4.69) is 5.32 Å². The Kier molecular flexibility index (Phi) is 6.81. The molecule has 0 aliphatic heterocycles. The Labute approximate surface area is 141 Å². The first kappa shape index (κ1) is 17.2. The monoisotopic (exact) mass is 331 g/mol. The predicted molar refractivity (Wildman–Crippen MR) is 93.3 cm³/mol. The fraction of sp³-hybridized carbons (Fsp3) is 0.278. The van der Waals surface area contributed by atoms with Crippen molar-refractivity contribution in [1.82, 2.24) is 5.32 Å². The third-order valence-corrected chi connectivity index (χ3v) is 4.09. The van der Waals surface area contributed by atoms with Gasteiger partial charge >= 0.3 is 0 Å². The van der Waals surface area contributed by atoms with E-state index in [1.54, 1.807) is 7.11 Å². The van der Waals surface area contributed by atoms with Crippen molar-refractivity contribution in [3.63, 3.8) is 0 Å². The molecule has 1 amide bonds. The molecule has 23 heavy (non-hydrogen) atoms. The first-order chi connectivity index (χ1) is 11.2. The van der Waals surface area contributed by atoms with Gasteiger partial charge in [0.25, 0.3) is 0 Å². The lowest BCUT2D eigenvalue weighted by Gasteiger charge is -2.15. The summed E-state index contributed by atoms with van der Waals surface area (Å²) in [6.07, 6.45) is 0. The van der Waals surface area contributed by atoms with E-state index in [0.717, 1.165) is 16.4 Å². The maximum Gasteiger partial charge on any atom is 0.230 e. The third-order valence-electron chi connectivity index (χ3n) is 3.08. The van der Waals surface area contributed by atoms with Gasteiger partial charge in [-0.25, -0.2) is 0 Å². The molecular formula is C18H21NO3S. The third kappa shape index (κ3) is 6.24. The number of hydrogen-bond donors (Lipinski definition) is 1. The van der Waals surface area contributed by atoms with Crippen LogP contribution < -0.4 is 14.8 Å². The predicted octanol–water partition coefficient (Wildman–Crippen LogP) is 3.37. The standard InChI is InChI=1S/C18H21NO3S/c1-14(12-22-16-10-8-15(21-2)9-11-16)19-18(20)13-23-17-6-4-3-5-7-17/h3-11,14H,12-13H2,1-2H3,(H,19,20)/t14-/m1/s1. The van der Waals surface area contributed by atoms with Crippen LogP contribution in [0.5, 0.6) is 11.5 Å². The fourth-order valence-corrected chi connectivity index (χ4v) is 2.65.